The summed E-state index contributed by atoms with van der Waals surface area (Å²) in [7, 11) is 0. The maximum Gasteiger partial charge on any atom is 0.339 e. The molecule has 0 spiro atoms. The quantitative estimate of drug-likeness (QED) is 0.548. The SMILES string of the molecule is Cc1cc(NC(=O)c2ccc(I)cc2)cc(C(=O)O)c1O. The summed E-state index contributed by atoms with van der Waals surface area (Å²) in [6.07, 6.45) is 0. The zero-order chi connectivity index (χ0) is 15.6. The number of benzene rings is 2. The summed E-state index contributed by atoms with van der Waals surface area (Å²) >= 11 is 2.14. The highest BCUT2D eigenvalue weighted by molar-refractivity contribution is 14.1. The van der Waals surface area contributed by atoms with Gasteiger partial charge >= 0.3 is 5.97 Å². The molecule has 2 rings (SSSR count). The van der Waals surface area contributed by atoms with Crippen LogP contribution in [-0.2, 0) is 0 Å². The second-order valence-electron chi connectivity index (χ2n) is 4.46. The van der Waals surface area contributed by atoms with Gasteiger partial charge in [0, 0.05) is 14.8 Å². The summed E-state index contributed by atoms with van der Waals surface area (Å²) in [6.45, 7) is 1.57. The lowest BCUT2D eigenvalue weighted by Crippen LogP contribution is -2.12. The third kappa shape index (κ3) is 3.52. The van der Waals surface area contributed by atoms with E-state index in [1.807, 2.05) is 0 Å². The molecule has 0 radical (unpaired) electrons. The predicted molar refractivity (Wildman–Crippen MR) is 86.9 cm³/mol. The first-order chi connectivity index (χ1) is 9.88. The number of carboxylic acids is 1. The number of hydrogen-bond acceptors (Lipinski definition) is 3. The average Bonchev–Trinajstić information content (AvgIpc) is 2.43. The van der Waals surface area contributed by atoms with Gasteiger partial charge in [-0.2, -0.15) is 0 Å². The summed E-state index contributed by atoms with van der Waals surface area (Å²) in [5.41, 5.74) is 0.935. The van der Waals surface area contributed by atoms with Crippen molar-refractivity contribution in [2.75, 3.05) is 5.32 Å². The standard InChI is InChI=1S/C15H12INO4/c1-8-6-11(7-12(13(8)18)15(20)21)17-14(19)9-2-4-10(16)5-3-9/h2-7,18H,1H3,(H,17,19)(H,20,21). The van der Waals surface area contributed by atoms with E-state index in [0.717, 1.165) is 3.57 Å². The van der Waals surface area contributed by atoms with Crippen molar-refractivity contribution in [1.82, 2.24) is 0 Å². The van der Waals surface area contributed by atoms with Crippen LogP contribution in [0.25, 0.3) is 0 Å². The minimum Gasteiger partial charge on any atom is -0.507 e. The van der Waals surface area contributed by atoms with E-state index < -0.39 is 5.97 Å². The Morgan fingerprint density at radius 3 is 2.33 bits per heavy atom. The van der Waals surface area contributed by atoms with Crippen molar-refractivity contribution in [3.05, 3.63) is 56.7 Å². The number of carbonyl (C=O) groups excluding carboxylic acids is 1. The van der Waals surface area contributed by atoms with E-state index in [9.17, 15) is 14.7 Å². The van der Waals surface area contributed by atoms with Gasteiger partial charge in [0.05, 0.1) is 0 Å². The van der Waals surface area contributed by atoms with Crippen LogP contribution in [0.3, 0.4) is 0 Å². The van der Waals surface area contributed by atoms with E-state index in [1.165, 1.54) is 12.1 Å². The molecule has 0 bridgehead atoms. The second kappa shape index (κ2) is 6.13. The van der Waals surface area contributed by atoms with Gasteiger partial charge in [-0.25, -0.2) is 4.79 Å². The Hall–Kier alpha value is -2.09. The van der Waals surface area contributed by atoms with Gasteiger partial charge in [-0.3, -0.25) is 4.79 Å². The number of halogens is 1. The molecule has 0 heterocycles. The molecule has 0 atom stereocenters. The molecule has 5 nitrogen and oxygen atoms in total. The smallest absolute Gasteiger partial charge is 0.339 e. The van der Waals surface area contributed by atoms with Gasteiger partial charge in [-0.05, 0) is 71.5 Å². The highest BCUT2D eigenvalue weighted by Gasteiger charge is 2.15. The molecular formula is C15H12INO4. The first-order valence-corrected chi connectivity index (χ1v) is 7.10. The lowest BCUT2D eigenvalue weighted by atomic mass is 10.1. The lowest BCUT2D eigenvalue weighted by molar-refractivity contribution is 0.0693. The minimum atomic E-state index is -1.25. The topological polar surface area (TPSA) is 86.6 Å². The van der Waals surface area contributed by atoms with E-state index in [4.69, 9.17) is 5.11 Å². The van der Waals surface area contributed by atoms with Gasteiger partial charge < -0.3 is 15.5 Å². The molecule has 2 aromatic carbocycles. The monoisotopic (exact) mass is 397 g/mol. The predicted octanol–water partition coefficient (Wildman–Crippen LogP) is 3.26. The van der Waals surface area contributed by atoms with Gasteiger partial charge in [0.2, 0.25) is 0 Å². The molecule has 0 aromatic heterocycles. The molecule has 1 amide bonds. The Kier molecular flexibility index (Phi) is 4.46. The largest absolute Gasteiger partial charge is 0.507 e. The molecule has 0 aliphatic rings. The fourth-order valence-electron chi connectivity index (χ4n) is 1.82. The normalized spacial score (nSPS) is 10.2. The Labute approximate surface area is 134 Å². The summed E-state index contributed by atoms with van der Waals surface area (Å²) in [5.74, 6) is -1.89. The highest BCUT2D eigenvalue weighted by Crippen LogP contribution is 2.26. The first kappa shape index (κ1) is 15.3. The molecule has 21 heavy (non-hydrogen) atoms. The van der Waals surface area contributed by atoms with Crippen molar-refractivity contribution < 1.29 is 19.8 Å². The van der Waals surface area contributed by atoms with Crippen LogP contribution in [0.1, 0.15) is 26.3 Å². The molecule has 0 fully saturated rings. The van der Waals surface area contributed by atoms with Crippen molar-refractivity contribution in [3.63, 3.8) is 0 Å². The van der Waals surface area contributed by atoms with E-state index in [-0.39, 0.29) is 17.2 Å². The van der Waals surface area contributed by atoms with Crippen LogP contribution in [0.5, 0.6) is 5.75 Å². The molecule has 0 saturated carbocycles. The average molecular weight is 397 g/mol. The summed E-state index contributed by atoms with van der Waals surface area (Å²) in [6, 6.07) is 9.73. The number of hydrogen-bond donors (Lipinski definition) is 3. The maximum atomic E-state index is 12.1. The number of amides is 1. The Bertz CT molecular complexity index is 710. The van der Waals surface area contributed by atoms with Crippen LogP contribution in [0.2, 0.25) is 0 Å². The molecule has 2 aromatic rings. The number of aromatic carboxylic acids is 1. The highest BCUT2D eigenvalue weighted by atomic mass is 127. The number of nitrogens with one attached hydrogen (secondary N) is 1. The summed E-state index contributed by atoms with van der Waals surface area (Å²) < 4.78 is 1.01. The van der Waals surface area contributed by atoms with Crippen LogP contribution in [0, 0.1) is 10.5 Å². The van der Waals surface area contributed by atoms with Crippen molar-refractivity contribution in [1.29, 1.82) is 0 Å². The Morgan fingerprint density at radius 1 is 1.14 bits per heavy atom. The number of aromatic hydroxyl groups is 1. The number of carboxylic acid groups (broad SMARTS) is 1. The van der Waals surface area contributed by atoms with Gasteiger partial charge in [-0.15, -0.1) is 0 Å². The number of aryl methyl sites for hydroxylation is 1. The van der Waals surface area contributed by atoms with Crippen molar-refractivity contribution >= 4 is 40.2 Å². The number of rotatable bonds is 3. The van der Waals surface area contributed by atoms with Crippen molar-refractivity contribution in [3.8, 4) is 5.75 Å². The number of phenols is 1. The molecule has 0 aliphatic carbocycles. The summed E-state index contributed by atoms with van der Waals surface area (Å²) in [4.78, 5) is 23.1. The van der Waals surface area contributed by atoms with E-state index >= 15 is 0 Å². The van der Waals surface area contributed by atoms with E-state index in [1.54, 1.807) is 31.2 Å². The van der Waals surface area contributed by atoms with Crippen LogP contribution < -0.4 is 5.32 Å². The van der Waals surface area contributed by atoms with Crippen LogP contribution in [0.4, 0.5) is 5.69 Å². The second-order valence-corrected chi connectivity index (χ2v) is 5.70. The minimum absolute atomic E-state index is 0.243. The molecule has 0 unspecified atom stereocenters. The van der Waals surface area contributed by atoms with Crippen molar-refractivity contribution in [2.24, 2.45) is 0 Å². The Morgan fingerprint density at radius 2 is 1.76 bits per heavy atom. The van der Waals surface area contributed by atoms with Crippen LogP contribution in [-0.4, -0.2) is 22.1 Å². The van der Waals surface area contributed by atoms with E-state index in [2.05, 4.69) is 27.9 Å². The zero-order valence-corrected chi connectivity index (χ0v) is 13.2. The third-order valence-corrected chi connectivity index (χ3v) is 3.61. The van der Waals surface area contributed by atoms with Gasteiger partial charge in [0.15, 0.2) is 0 Å². The van der Waals surface area contributed by atoms with Gasteiger partial charge in [-0.1, -0.05) is 0 Å². The molecule has 108 valence electrons. The fourth-order valence-corrected chi connectivity index (χ4v) is 2.18. The van der Waals surface area contributed by atoms with Crippen molar-refractivity contribution in [2.45, 2.75) is 6.92 Å². The number of anilines is 1. The lowest BCUT2D eigenvalue weighted by Gasteiger charge is -2.10. The fraction of sp³-hybridized carbons (Fsp3) is 0.0667. The number of carbonyl (C=O) groups is 2. The third-order valence-electron chi connectivity index (χ3n) is 2.90. The van der Waals surface area contributed by atoms with Crippen LogP contribution >= 0.6 is 22.6 Å². The van der Waals surface area contributed by atoms with E-state index in [0.29, 0.717) is 16.8 Å². The maximum absolute atomic E-state index is 12.1. The van der Waals surface area contributed by atoms with Crippen LogP contribution in [0.15, 0.2) is 36.4 Å². The molecule has 3 N–H and O–H groups in total. The first-order valence-electron chi connectivity index (χ1n) is 6.02. The molecule has 6 heteroatoms. The zero-order valence-electron chi connectivity index (χ0n) is 11.1. The van der Waals surface area contributed by atoms with Gasteiger partial charge in [0.25, 0.3) is 5.91 Å². The Balaban J connectivity index is 2.29. The molecule has 0 saturated heterocycles. The van der Waals surface area contributed by atoms with Gasteiger partial charge in [0.1, 0.15) is 11.3 Å². The molecular weight excluding hydrogens is 385 g/mol. The summed E-state index contributed by atoms with van der Waals surface area (Å²) in [5, 5.41) is 21.3. The molecule has 0 aliphatic heterocycles.